The molecular weight excluding hydrogens is 271 g/mol. The van der Waals surface area contributed by atoms with E-state index in [1.54, 1.807) is 13.1 Å². The summed E-state index contributed by atoms with van der Waals surface area (Å²) in [5.74, 6) is 1.23. The van der Waals surface area contributed by atoms with Gasteiger partial charge in [-0.1, -0.05) is 23.2 Å². The number of nitrogens with zero attached hydrogens (tertiary/aromatic N) is 3. The van der Waals surface area contributed by atoms with Gasteiger partial charge in [-0.25, -0.2) is 4.98 Å². The van der Waals surface area contributed by atoms with Crippen molar-refractivity contribution in [1.29, 1.82) is 5.26 Å². The predicted octanol–water partition coefficient (Wildman–Crippen LogP) is 3.56. The van der Waals surface area contributed by atoms with Gasteiger partial charge in [-0.2, -0.15) is 5.26 Å². The van der Waals surface area contributed by atoms with Gasteiger partial charge in [0.2, 0.25) is 0 Å². The molecule has 1 heterocycles. The molecule has 0 unspecified atom stereocenters. The van der Waals surface area contributed by atoms with E-state index < -0.39 is 0 Å². The Bertz CT molecular complexity index is 454. The van der Waals surface area contributed by atoms with Crippen molar-refractivity contribution < 1.29 is 0 Å². The Balaban J connectivity index is 3.15. The summed E-state index contributed by atoms with van der Waals surface area (Å²) in [6.07, 6.45) is 0.424. The van der Waals surface area contributed by atoms with E-state index in [2.05, 4.69) is 16.4 Å². The van der Waals surface area contributed by atoms with Crippen LogP contribution in [0, 0.1) is 11.3 Å². The van der Waals surface area contributed by atoms with Crippen LogP contribution in [0.25, 0.3) is 0 Å². The third-order valence-electron chi connectivity index (χ3n) is 2.51. The number of nitrogens with one attached hydrogen (secondary N) is 1. The summed E-state index contributed by atoms with van der Waals surface area (Å²) >= 11 is 12.2. The lowest BCUT2D eigenvalue weighted by Crippen LogP contribution is -2.32. The lowest BCUT2D eigenvalue weighted by atomic mass is 10.2. The minimum absolute atomic E-state index is 0.203. The summed E-state index contributed by atoms with van der Waals surface area (Å²) in [5.41, 5.74) is 0. The van der Waals surface area contributed by atoms with E-state index in [9.17, 15) is 0 Å². The van der Waals surface area contributed by atoms with Crippen LogP contribution in [-0.2, 0) is 0 Å². The number of nitriles is 1. The largest absolute Gasteiger partial charge is 0.372 e. The molecule has 0 spiro atoms. The molecule has 1 N–H and O–H groups in total. The number of hydrogen-bond donors (Lipinski definition) is 1. The van der Waals surface area contributed by atoms with E-state index in [0.717, 1.165) is 0 Å². The van der Waals surface area contributed by atoms with Crippen LogP contribution in [0.15, 0.2) is 6.07 Å². The van der Waals surface area contributed by atoms with Crippen molar-refractivity contribution >= 4 is 34.8 Å². The monoisotopic (exact) mass is 286 g/mol. The molecule has 0 saturated carbocycles. The van der Waals surface area contributed by atoms with Gasteiger partial charge in [-0.15, -0.1) is 0 Å². The van der Waals surface area contributed by atoms with E-state index in [1.807, 2.05) is 18.7 Å². The molecule has 0 saturated heterocycles. The topological polar surface area (TPSA) is 52.0 Å². The van der Waals surface area contributed by atoms with Crippen molar-refractivity contribution in [2.45, 2.75) is 26.3 Å². The molecule has 0 aliphatic rings. The average molecular weight is 287 g/mol. The van der Waals surface area contributed by atoms with Crippen molar-refractivity contribution in [3.8, 4) is 6.07 Å². The molecule has 0 bridgehead atoms. The molecule has 0 fully saturated rings. The van der Waals surface area contributed by atoms with Crippen LogP contribution in [0.5, 0.6) is 0 Å². The summed E-state index contributed by atoms with van der Waals surface area (Å²) < 4.78 is 0. The third kappa shape index (κ3) is 3.41. The van der Waals surface area contributed by atoms with E-state index in [0.29, 0.717) is 34.6 Å². The maximum absolute atomic E-state index is 8.69. The molecule has 0 aliphatic heterocycles. The van der Waals surface area contributed by atoms with E-state index >= 15 is 0 Å². The molecule has 1 aromatic heterocycles. The van der Waals surface area contributed by atoms with Gasteiger partial charge in [0.05, 0.1) is 22.5 Å². The molecule has 1 aromatic rings. The molecule has 18 heavy (non-hydrogen) atoms. The fraction of sp³-hybridized carbons (Fsp3) is 0.500. The van der Waals surface area contributed by atoms with Crippen LogP contribution < -0.4 is 10.2 Å². The second kappa shape index (κ2) is 6.67. The number of rotatable bonds is 5. The first-order chi connectivity index (χ1) is 8.51. The molecule has 98 valence electrons. The van der Waals surface area contributed by atoms with Gasteiger partial charge in [0.15, 0.2) is 0 Å². The predicted molar refractivity (Wildman–Crippen MR) is 76.5 cm³/mol. The highest BCUT2D eigenvalue weighted by Gasteiger charge is 2.17. The SMILES string of the molecule is CNc1nc(N(CCC#N)C(C)C)c(Cl)cc1Cl. The van der Waals surface area contributed by atoms with Gasteiger partial charge < -0.3 is 10.2 Å². The Kier molecular flexibility index (Phi) is 5.52. The number of aromatic nitrogens is 1. The standard InChI is InChI=1S/C12H16Cl2N4/c1-8(2)18(6-4-5-15)12-10(14)7-9(13)11(16-3)17-12/h7-8H,4,6H2,1-3H3,(H,16,17). The highest BCUT2D eigenvalue weighted by Crippen LogP contribution is 2.32. The second-order valence-electron chi connectivity index (χ2n) is 4.07. The lowest BCUT2D eigenvalue weighted by Gasteiger charge is -2.28. The Morgan fingerprint density at radius 3 is 2.61 bits per heavy atom. The van der Waals surface area contributed by atoms with Crippen molar-refractivity contribution in [2.75, 3.05) is 23.8 Å². The number of halogens is 2. The van der Waals surface area contributed by atoms with E-state index in [4.69, 9.17) is 28.5 Å². The minimum atomic E-state index is 0.203. The Morgan fingerprint density at radius 1 is 1.44 bits per heavy atom. The van der Waals surface area contributed by atoms with Crippen LogP contribution in [0.1, 0.15) is 20.3 Å². The van der Waals surface area contributed by atoms with Crippen LogP contribution >= 0.6 is 23.2 Å². The first-order valence-corrected chi connectivity index (χ1v) is 6.44. The molecule has 0 aliphatic carbocycles. The van der Waals surface area contributed by atoms with Gasteiger partial charge in [0.25, 0.3) is 0 Å². The zero-order valence-electron chi connectivity index (χ0n) is 10.7. The summed E-state index contributed by atoms with van der Waals surface area (Å²) in [4.78, 5) is 6.40. The van der Waals surface area contributed by atoms with Crippen molar-refractivity contribution in [1.82, 2.24) is 4.98 Å². The Labute approximate surface area is 118 Å². The summed E-state index contributed by atoms with van der Waals surface area (Å²) in [5, 5.41) is 12.6. The number of hydrogen-bond acceptors (Lipinski definition) is 4. The highest BCUT2D eigenvalue weighted by molar-refractivity contribution is 6.37. The molecule has 6 heteroatoms. The maximum Gasteiger partial charge on any atom is 0.150 e. The average Bonchev–Trinajstić information content (AvgIpc) is 2.31. The summed E-state index contributed by atoms with van der Waals surface area (Å²) in [7, 11) is 1.75. The van der Waals surface area contributed by atoms with E-state index in [1.165, 1.54) is 0 Å². The smallest absolute Gasteiger partial charge is 0.150 e. The van der Waals surface area contributed by atoms with Crippen LogP contribution in [0.3, 0.4) is 0 Å². The second-order valence-corrected chi connectivity index (χ2v) is 4.88. The Hall–Kier alpha value is -1.18. The van der Waals surface area contributed by atoms with Crippen LogP contribution in [-0.4, -0.2) is 24.6 Å². The van der Waals surface area contributed by atoms with Gasteiger partial charge in [0, 0.05) is 19.6 Å². The zero-order chi connectivity index (χ0) is 13.7. The molecule has 0 amide bonds. The van der Waals surface area contributed by atoms with Gasteiger partial charge in [-0.05, 0) is 19.9 Å². The first-order valence-electron chi connectivity index (χ1n) is 5.68. The lowest BCUT2D eigenvalue weighted by molar-refractivity contribution is 0.677. The molecule has 1 rings (SSSR count). The van der Waals surface area contributed by atoms with Gasteiger partial charge in [0.1, 0.15) is 11.6 Å². The van der Waals surface area contributed by atoms with Gasteiger partial charge >= 0.3 is 0 Å². The summed E-state index contributed by atoms with van der Waals surface area (Å²) in [6.45, 7) is 4.65. The fourth-order valence-electron chi connectivity index (χ4n) is 1.61. The minimum Gasteiger partial charge on any atom is -0.372 e. The fourth-order valence-corrected chi connectivity index (χ4v) is 2.17. The van der Waals surface area contributed by atoms with Crippen molar-refractivity contribution in [3.63, 3.8) is 0 Å². The molecule has 4 nitrogen and oxygen atoms in total. The molecule has 0 radical (unpaired) electrons. The normalized spacial score (nSPS) is 10.3. The first kappa shape index (κ1) is 14.9. The van der Waals surface area contributed by atoms with Crippen molar-refractivity contribution in [2.24, 2.45) is 0 Å². The zero-order valence-corrected chi connectivity index (χ0v) is 12.2. The Morgan fingerprint density at radius 2 is 2.11 bits per heavy atom. The molecular formula is C12H16Cl2N4. The molecule has 0 atom stereocenters. The van der Waals surface area contributed by atoms with Crippen molar-refractivity contribution in [3.05, 3.63) is 16.1 Å². The summed E-state index contributed by atoms with van der Waals surface area (Å²) in [6, 6.07) is 4.00. The quantitative estimate of drug-likeness (QED) is 0.899. The van der Waals surface area contributed by atoms with Crippen LogP contribution in [0.2, 0.25) is 10.0 Å². The van der Waals surface area contributed by atoms with E-state index in [-0.39, 0.29) is 6.04 Å². The third-order valence-corrected chi connectivity index (χ3v) is 3.07. The van der Waals surface area contributed by atoms with Crippen LogP contribution in [0.4, 0.5) is 11.6 Å². The van der Waals surface area contributed by atoms with Gasteiger partial charge in [-0.3, -0.25) is 0 Å². The number of anilines is 2. The molecule has 0 aromatic carbocycles. The maximum atomic E-state index is 8.69. The highest BCUT2D eigenvalue weighted by atomic mass is 35.5. The number of pyridine rings is 1.